The van der Waals surface area contributed by atoms with Gasteiger partial charge in [0.15, 0.2) is 0 Å². The number of nitrogens with one attached hydrogen (secondary N) is 1. The van der Waals surface area contributed by atoms with Gasteiger partial charge >= 0.3 is 5.97 Å². The summed E-state index contributed by atoms with van der Waals surface area (Å²) in [5.74, 6) is -2.03. The van der Waals surface area contributed by atoms with E-state index in [0.29, 0.717) is 0 Å². The van der Waals surface area contributed by atoms with Gasteiger partial charge in [-0.2, -0.15) is 0 Å². The lowest BCUT2D eigenvalue weighted by Gasteiger charge is -2.25. The van der Waals surface area contributed by atoms with E-state index in [2.05, 4.69) is 10.3 Å². The third kappa shape index (κ3) is 2.48. The van der Waals surface area contributed by atoms with Crippen molar-refractivity contribution in [1.82, 2.24) is 10.3 Å². The number of carboxylic acids is 1. The number of aryl methyl sites for hydroxylation is 1. The average Bonchev–Trinajstić information content (AvgIpc) is 3.12. The number of hydrogen-bond acceptors (Lipinski definition) is 4. The van der Waals surface area contributed by atoms with E-state index in [1.807, 2.05) is 26.0 Å². The summed E-state index contributed by atoms with van der Waals surface area (Å²) in [7, 11) is 0. The average molecular weight is 306 g/mol. The third-order valence-electron chi connectivity index (χ3n) is 4.42. The Hall–Kier alpha value is -1.69. The molecule has 5 unspecified atom stereocenters. The summed E-state index contributed by atoms with van der Waals surface area (Å²) in [5, 5.41) is 13.2. The molecule has 0 spiro atoms. The Morgan fingerprint density at radius 2 is 2.05 bits per heavy atom. The number of carbonyl (C=O) groups excluding carboxylic acids is 1. The van der Waals surface area contributed by atoms with Gasteiger partial charge in [-0.05, 0) is 32.1 Å². The van der Waals surface area contributed by atoms with E-state index >= 15 is 0 Å². The predicted molar refractivity (Wildman–Crippen MR) is 78.8 cm³/mol. The van der Waals surface area contributed by atoms with Crippen LogP contribution in [-0.2, 0) is 9.59 Å². The number of allylic oxidation sites excluding steroid dienone is 2. The van der Waals surface area contributed by atoms with Gasteiger partial charge < -0.3 is 10.4 Å². The number of thiazole rings is 1. The van der Waals surface area contributed by atoms with Gasteiger partial charge in [0.05, 0.1) is 17.9 Å². The molecule has 1 amide bonds. The lowest BCUT2D eigenvalue weighted by atomic mass is 9.82. The minimum Gasteiger partial charge on any atom is -0.481 e. The van der Waals surface area contributed by atoms with Crippen molar-refractivity contribution in [3.05, 3.63) is 28.2 Å². The van der Waals surface area contributed by atoms with Crippen LogP contribution in [0.4, 0.5) is 0 Å². The lowest BCUT2D eigenvalue weighted by Crippen LogP contribution is -2.41. The van der Waals surface area contributed by atoms with Crippen molar-refractivity contribution in [3.63, 3.8) is 0 Å². The van der Waals surface area contributed by atoms with Crippen molar-refractivity contribution in [2.45, 2.75) is 26.3 Å². The molecule has 2 N–H and O–H groups in total. The highest BCUT2D eigenvalue weighted by Crippen LogP contribution is 2.48. The first-order valence-corrected chi connectivity index (χ1v) is 7.93. The third-order valence-corrected chi connectivity index (χ3v) is 5.51. The van der Waals surface area contributed by atoms with Gasteiger partial charge in [0, 0.05) is 11.1 Å². The van der Waals surface area contributed by atoms with E-state index in [1.165, 1.54) is 0 Å². The van der Waals surface area contributed by atoms with E-state index < -0.39 is 17.8 Å². The van der Waals surface area contributed by atoms with Crippen molar-refractivity contribution in [1.29, 1.82) is 0 Å². The highest BCUT2D eigenvalue weighted by atomic mass is 32.1. The zero-order valence-electron chi connectivity index (χ0n) is 11.9. The maximum atomic E-state index is 12.5. The van der Waals surface area contributed by atoms with Crippen LogP contribution in [0.3, 0.4) is 0 Å². The molecule has 0 aliphatic heterocycles. The van der Waals surface area contributed by atoms with Crippen LogP contribution in [0, 0.1) is 30.6 Å². The second-order valence-corrected chi connectivity index (χ2v) is 7.14. The number of fused-ring (bicyclic) bond motifs is 2. The molecule has 1 saturated carbocycles. The lowest BCUT2D eigenvalue weighted by molar-refractivity contribution is -0.148. The molecule has 5 nitrogen and oxygen atoms in total. The number of hydrogen-bond donors (Lipinski definition) is 2. The van der Waals surface area contributed by atoms with E-state index in [0.717, 1.165) is 16.3 Å². The first-order valence-electron chi connectivity index (χ1n) is 7.11. The highest BCUT2D eigenvalue weighted by molar-refractivity contribution is 7.11. The Balaban J connectivity index is 1.73. The Labute approximate surface area is 127 Å². The van der Waals surface area contributed by atoms with E-state index in [1.54, 1.807) is 17.5 Å². The minimum absolute atomic E-state index is 0.000614. The second-order valence-electron chi connectivity index (χ2n) is 5.88. The Bertz CT molecular complexity index is 610. The standard InChI is InChI=1S/C15H18N2O3S/c1-7-6-16-14(21-7)8(2)17-13(18)11-9-3-4-10(5-9)12(11)15(19)20/h3-4,6,8-12H,5H2,1-2H3,(H,17,18)(H,19,20). The molecule has 21 heavy (non-hydrogen) atoms. The Morgan fingerprint density at radius 1 is 1.38 bits per heavy atom. The molecule has 5 atom stereocenters. The summed E-state index contributed by atoms with van der Waals surface area (Å²) < 4.78 is 0. The molecule has 0 aromatic carbocycles. The van der Waals surface area contributed by atoms with Crippen molar-refractivity contribution in [2.75, 3.05) is 0 Å². The molecule has 112 valence electrons. The van der Waals surface area contributed by atoms with Crippen molar-refractivity contribution >= 4 is 23.2 Å². The molecule has 1 aromatic heterocycles. The molecule has 0 radical (unpaired) electrons. The fourth-order valence-electron chi connectivity index (χ4n) is 3.46. The largest absolute Gasteiger partial charge is 0.481 e. The molecule has 1 heterocycles. The molecule has 2 aliphatic rings. The van der Waals surface area contributed by atoms with Crippen LogP contribution in [-0.4, -0.2) is 22.0 Å². The summed E-state index contributed by atoms with van der Waals surface area (Å²) in [4.78, 5) is 29.3. The van der Waals surface area contributed by atoms with E-state index in [4.69, 9.17) is 0 Å². The number of aromatic nitrogens is 1. The molecule has 0 saturated heterocycles. The van der Waals surface area contributed by atoms with Crippen LogP contribution in [0.25, 0.3) is 0 Å². The van der Waals surface area contributed by atoms with Crippen LogP contribution in [0.2, 0.25) is 0 Å². The van der Waals surface area contributed by atoms with Crippen LogP contribution in [0.1, 0.15) is 29.3 Å². The first-order chi connectivity index (χ1) is 9.97. The van der Waals surface area contributed by atoms with Crippen LogP contribution >= 0.6 is 11.3 Å². The summed E-state index contributed by atoms with van der Waals surface area (Å²) >= 11 is 1.55. The van der Waals surface area contributed by atoms with Crippen molar-refractivity contribution in [2.24, 2.45) is 23.7 Å². The fourth-order valence-corrected chi connectivity index (χ4v) is 4.24. The monoisotopic (exact) mass is 306 g/mol. The normalized spacial score (nSPS) is 31.3. The van der Waals surface area contributed by atoms with Gasteiger partial charge in [0.2, 0.25) is 5.91 Å². The Kier molecular flexibility index (Phi) is 3.57. The summed E-state index contributed by atoms with van der Waals surface area (Å²) in [6.07, 6.45) is 6.50. The van der Waals surface area contributed by atoms with E-state index in [-0.39, 0.29) is 23.8 Å². The molecule has 6 heteroatoms. The van der Waals surface area contributed by atoms with Gasteiger partial charge in [0.1, 0.15) is 5.01 Å². The van der Waals surface area contributed by atoms with Crippen LogP contribution in [0.5, 0.6) is 0 Å². The number of amides is 1. The molecule has 2 bridgehead atoms. The maximum absolute atomic E-state index is 12.5. The molecule has 1 aromatic rings. The minimum atomic E-state index is -0.871. The van der Waals surface area contributed by atoms with Crippen molar-refractivity contribution < 1.29 is 14.7 Å². The summed E-state index contributed by atoms with van der Waals surface area (Å²) in [5.41, 5.74) is 0. The molecule has 3 rings (SSSR count). The number of carboxylic acid groups (broad SMARTS) is 1. The number of carbonyl (C=O) groups is 2. The summed E-state index contributed by atoms with van der Waals surface area (Å²) in [6, 6.07) is -0.186. The fraction of sp³-hybridized carbons (Fsp3) is 0.533. The van der Waals surface area contributed by atoms with Gasteiger partial charge in [-0.3, -0.25) is 9.59 Å². The zero-order valence-corrected chi connectivity index (χ0v) is 12.8. The highest BCUT2D eigenvalue weighted by Gasteiger charge is 2.51. The molecular weight excluding hydrogens is 288 g/mol. The van der Waals surface area contributed by atoms with E-state index in [9.17, 15) is 14.7 Å². The zero-order chi connectivity index (χ0) is 15.1. The smallest absolute Gasteiger partial charge is 0.307 e. The predicted octanol–water partition coefficient (Wildman–Crippen LogP) is 2.15. The number of nitrogens with zero attached hydrogens (tertiary/aromatic N) is 1. The van der Waals surface area contributed by atoms with Crippen LogP contribution in [0.15, 0.2) is 18.3 Å². The van der Waals surface area contributed by atoms with Gasteiger partial charge in [0.25, 0.3) is 0 Å². The van der Waals surface area contributed by atoms with Crippen LogP contribution < -0.4 is 5.32 Å². The SMILES string of the molecule is Cc1cnc(C(C)NC(=O)C2C3C=CC(C3)C2C(=O)O)s1. The van der Waals surface area contributed by atoms with Crippen molar-refractivity contribution in [3.8, 4) is 0 Å². The van der Waals surface area contributed by atoms with Gasteiger partial charge in [-0.15, -0.1) is 11.3 Å². The van der Waals surface area contributed by atoms with Gasteiger partial charge in [-0.1, -0.05) is 12.2 Å². The first kappa shape index (κ1) is 14.3. The Morgan fingerprint density at radius 3 is 2.62 bits per heavy atom. The van der Waals surface area contributed by atoms with Gasteiger partial charge in [-0.25, -0.2) is 4.98 Å². The topological polar surface area (TPSA) is 79.3 Å². The maximum Gasteiger partial charge on any atom is 0.307 e. The number of rotatable bonds is 4. The number of aliphatic carboxylic acids is 1. The summed E-state index contributed by atoms with van der Waals surface area (Å²) in [6.45, 7) is 3.85. The quantitative estimate of drug-likeness (QED) is 0.835. The molecule has 1 fully saturated rings. The molecule has 2 aliphatic carbocycles. The second kappa shape index (κ2) is 5.26. The molecular formula is C15H18N2O3S.